The molecule has 4 nitrogen and oxygen atoms in total. The van der Waals surface area contributed by atoms with Crippen LogP contribution in [0.3, 0.4) is 0 Å². The zero-order valence-electron chi connectivity index (χ0n) is 17.9. The number of hydrogen-bond donors (Lipinski definition) is 0. The fourth-order valence-corrected chi connectivity index (χ4v) is 3.14. The molecule has 0 saturated heterocycles. The lowest BCUT2D eigenvalue weighted by Crippen LogP contribution is -2.23. The molecular weight excluding hydrogens is 320 g/mol. The predicted octanol–water partition coefficient (Wildman–Crippen LogP) is 6.13. The van der Waals surface area contributed by atoms with Gasteiger partial charge < -0.3 is 4.90 Å². The van der Waals surface area contributed by atoms with Crippen molar-refractivity contribution in [2.75, 3.05) is 18.5 Å². The Kier molecular flexibility index (Phi) is 13.1. The van der Waals surface area contributed by atoms with Gasteiger partial charge in [0, 0.05) is 26.4 Å². The molecule has 0 unspecified atom stereocenters. The molecule has 0 saturated carbocycles. The first-order chi connectivity index (χ1) is 12.7. The Hall–Kier alpha value is -1.19. The molecule has 0 atom stereocenters. The van der Waals surface area contributed by atoms with Gasteiger partial charge in [0.1, 0.15) is 11.6 Å². The van der Waals surface area contributed by atoms with Crippen LogP contribution in [-0.4, -0.2) is 28.5 Å². The van der Waals surface area contributed by atoms with Crippen LogP contribution in [0, 0.1) is 0 Å². The van der Waals surface area contributed by atoms with Crippen LogP contribution < -0.4 is 4.90 Å². The van der Waals surface area contributed by atoms with E-state index >= 15 is 0 Å². The fraction of sp³-hybridized carbons (Fsp3) is 0.864. The maximum absolute atomic E-state index is 4.77. The van der Waals surface area contributed by atoms with Crippen LogP contribution in [0.5, 0.6) is 0 Å². The molecule has 150 valence electrons. The highest BCUT2D eigenvalue weighted by Crippen LogP contribution is 2.13. The maximum atomic E-state index is 4.77. The van der Waals surface area contributed by atoms with Gasteiger partial charge in [-0.25, -0.2) is 4.98 Å². The summed E-state index contributed by atoms with van der Waals surface area (Å²) in [5.41, 5.74) is 0. The van der Waals surface area contributed by atoms with Crippen molar-refractivity contribution in [2.24, 2.45) is 0 Å². The number of anilines is 1. The second kappa shape index (κ2) is 14.9. The smallest absolute Gasteiger partial charge is 0.228 e. The Morgan fingerprint density at radius 1 is 0.577 bits per heavy atom. The normalized spacial score (nSPS) is 11.1. The molecule has 4 heteroatoms. The molecule has 0 fully saturated rings. The van der Waals surface area contributed by atoms with E-state index in [4.69, 9.17) is 15.0 Å². The highest BCUT2D eigenvalue weighted by atomic mass is 15.3. The number of rotatable bonds is 16. The van der Waals surface area contributed by atoms with Gasteiger partial charge in [0.15, 0.2) is 0 Å². The summed E-state index contributed by atoms with van der Waals surface area (Å²) in [5.74, 6) is 2.86. The molecule has 0 aliphatic heterocycles. The molecule has 1 aromatic heterocycles. The molecule has 1 rings (SSSR count). The van der Waals surface area contributed by atoms with Gasteiger partial charge in [-0.1, -0.05) is 78.6 Å². The lowest BCUT2D eigenvalue weighted by molar-refractivity contribution is 0.601. The Morgan fingerprint density at radius 2 is 1.04 bits per heavy atom. The molecule has 1 heterocycles. The van der Waals surface area contributed by atoms with E-state index in [1.54, 1.807) is 0 Å². The minimum atomic E-state index is 0.881. The van der Waals surface area contributed by atoms with Crippen LogP contribution in [0.1, 0.15) is 109 Å². The number of hydrogen-bond acceptors (Lipinski definition) is 4. The monoisotopic (exact) mass is 362 g/mol. The minimum absolute atomic E-state index is 0.881. The van der Waals surface area contributed by atoms with Crippen molar-refractivity contribution in [1.82, 2.24) is 15.0 Å². The quantitative estimate of drug-likeness (QED) is 0.331. The van der Waals surface area contributed by atoms with Crippen molar-refractivity contribution in [2.45, 2.75) is 111 Å². The van der Waals surface area contributed by atoms with Crippen LogP contribution in [0.2, 0.25) is 0 Å². The SMILES string of the molecule is CCCCCCCCN(C)c1nc(CCCCC)nc(CCCCC)n1. The summed E-state index contributed by atoms with van der Waals surface area (Å²) in [7, 11) is 2.13. The fourth-order valence-electron chi connectivity index (χ4n) is 3.14. The minimum Gasteiger partial charge on any atom is -0.344 e. The van der Waals surface area contributed by atoms with Gasteiger partial charge >= 0.3 is 0 Å². The molecule has 1 aromatic rings. The van der Waals surface area contributed by atoms with E-state index in [9.17, 15) is 0 Å². The van der Waals surface area contributed by atoms with Gasteiger partial charge in [-0.15, -0.1) is 0 Å². The average Bonchev–Trinajstić information content (AvgIpc) is 2.65. The summed E-state index contributed by atoms with van der Waals surface area (Å²) < 4.78 is 0. The van der Waals surface area contributed by atoms with Gasteiger partial charge in [0.25, 0.3) is 0 Å². The molecule has 0 radical (unpaired) electrons. The summed E-state index contributed by atoms with van der Waals surface area (Å²) in [6, 6.07) is 0. The molecular formula is C22H42N4. The van der Waals surface area contributed by atoms with Crippen molar-refractivity contribution < 1.29 is 0 Å². The first kappa shape index (κ1) is 22.9. The lowest BCUT2D eigenvalue weighted by Gasteiger charge is -2.18. The third kappa shape index (κ3) is 10.1. The Labute approximate surface area is 162 Å². The van der Waals surface area contributed by atoms with E-state index in [1.165, 1.54) is 77.0 Å². The highest BCUT2D eigenvalue weighted by molar-refractivity contribution is 5.28. The molecule has 0 aromatic carbocycles. The zero-order chi connectivity index (χ0) is 19.0. The zero-order valence-corrected chi connectivity index (χ0v) is 17.9. The second-order valence-corrected chi connectivity index (χ2v) is 7.57. The lowest BCUT2D eigenvalue weighted by atomic mass is 10.1. The van der Waals surface area contributed by atoms with Crippen molar-refractivity contribution in [3.63, 3.8) is 0 Å². The third-order valence-corrected chi connectivity index (χ3v) is 4.91. The average molecular weight is 363 g/mol. The van der Waals surface area contributed by atoms with Crippen LogP contribution in [0.25, 0.3) is 0 Å². The van der Waals surface area contributed by atoms with E-state index in [0.717, 1.165) is 37.0 Å². The van der Waals surface area contributed by atoms with Gasteiger partial charge in [0.05, 0.1) is 0 Å². The van der Waals surface area contributed by atoms with Crippen molar-refractivity contribution in [3.05, 3.63) is 11.6 Å². The van der Waals surface area contributed by atoms with Gasteiger partial charge in [-0.05, 0) is 19.3 Å². The van der Waals surface area contributed by atoms with E-state index in [2.05, 4.69) is 32.7 Å². The molecule has 0 amide bonds. The van der Waals surface area contributed by atoms with Crippen LogP contribution >= 0.6 is 0 Å². The van der Waals surface area contributed by atoms with Crippen LogP contribution in [0.4, 0.5) is 5.95 Å². The molecule has 0 bridgehead atoms. The standard InChI is InChI=1S/C22H42N4/c1-5-8-11-12-13-16-19-26(4)22-24-20(17-14-9-6-2)23-21(25-22)18-15-10-7-3/h5-19H2,1-4H3. The summed E-state index contributed by atoms with van der Waals surface area (Å²) in [6.45, 7) is 7.79. The number of aromatic nitrogens is 3. The van der Waals surface area contributed by atoms with Gasteiger partial charge in [-0.3, -0.25) is 0 Å². The third-order valence-electron chi connectivity index (χ3n) is 4.91. The van der Waals surface area contributed by atoms with Gasteiger partial charge in [0.2, 0.25) is 5.95 Å². The summed E-state index contributed by atoms with van der Waals surface area (Å²) in [6.07, 6.45) is 17.2. The summed E-state index contributed by atoms with van der Waals surface area (Å²) in [4.78, 5) is 16.5. The van der Waals surface area contributed by atoms with E-state index in [-0.39, 0.29) is 0 Å². The molecule has 0 aliphatic rings. The maximum Gasteiger partial charge on any atom is 0.228 e. The summed E-state index contributed by atoms with van der Waals surface area (Å²) in [5, 5.41) is 0. The molecule has 26 heavy (non-hydrogen) atoms. The molecule has 0 N–H and O–H groups in total. The first-order valence-corrected chi connectivity index (χ1v) is 11.2. The predicted molar refractivity (Wildman–Crippen MR) is 113 cm³/mol. The van der Waals surface area contributed by atoms with E-state index in [0.29, 0.717) is 0 Å². The van der Waals surface area contributed by atoms with Crippen molar-refractivity contribution >= 4 is 5.95 Å². The Balaban J connectivity index is 2.60. The number of aryl methyl sites for hydroxylation is 2. The molecule has 0 spiro atoms. The second-order valence-electron chi connectivity index (χ2n) is 7.57. The topological polar surface area (TPSA) is 41.9 Å². The molecule has 0 aliphatic carbocycles. The number of nitrogens with zero attached hydrogens (tertiary/aromatic N) is 4. The number of unbranched alkanes of at least 4 members (excludes halogenated alkanes) is 9. The van der Waals surface area contributed by atoms with E-state index < -0.39 is 0 Å². The Morgan fingerprint density at radius 3 is 1.58 bits per heavy atom. The van der Waals surface area contributed by atoms with Gasteiger partial charge in [-0.2, -0.15) is 9.97 Å². The van der Waals surface area contributed by atoms with E-state index in [1.807, 2.05) is 0 Å². The summed E-state index contributed by atoms with van der Waals surface area (Å²) >= 11 is 0. The van der Waals surface area contributed by atoms with Crippen molar-refractivity contribution in [3.8, 4) is 0 Å². The highest BCUT2D eigenvalue weighted by Gasteiger charge is 2.10. The Bertz CT molecular complexity index is 433. The largest absolute Gasteiger partial charge is 0.344 e. The van der Waals surface area contributed by atoms with Crippen LogP contribution in [-0.2, 0) is 12.8 Å². The van der Waals surface area contributed by atoms with Crippen LogP contribution in [0.15, 0.2) is 0 Å². The first-order valence-electron chi connectivity index (χ1n) is 11.2. The van der Waals surface area contributed by atoms with Crippen molar-refractivity contribution in [1.29, 1.82) is 0 Å².